The summed E-state index contributed by atoms with van der Waals surface area (Å²) in [5.74, 6) is -3.46. The maximum atomic E-state index is 14.6. The second kappa shape index (κ2) is 3.62. The van der Waals surface area contributed by atoms with E-state index in [9.17, 15) is 13.6 Å². The zero-order chi connectivity index (χ0) is 11.8. The first kappa shape index (κ1) is 10.7. The molecular weight excluding hydrogens is 216 g/mol. The number of alkyl halides is 1. The van der Waals surface area contributed by atoms with Crippen molar-refractivity contribution in [2.45, 2.75) is 19.1 Å². The molecule has 4 nitrogen and oxygen atoms in total. The van der Waals surface area contributed by atoms with Gasteiger partial charge in [0.2, 0.25) is 0 Å². The number of hydrogen-bond acceptors (Lipinski definition) is 3. The minimum absolute atomic E-state index is 0.0741. The van der Waals surface area contributed by atoms with Crippen molar-refractivity contribution in [1.82, 2.24) is 14.8 Å². The smallest absolute Gasteiger partial charge is 0.253 e. The summed E-state index contributed by atoms with van der Waals surface area (Å²) in [5.41, 5.74) is -0.126. The highest BCUT2D eigenvalue weighted by atomic mass is 19.2. The molecule has 6 heteroatoms. The largest absolute Gasteiger partial charge is 0.295 e. The van der Waals surface area contributed by atoms with E-state index in [1.54, 1.807) is 0 Å². The summed E-state index contributed by atoms with van der Waals surface area (Å²) in [4.78, 5) is 14.9. The predicted octanol–water partition coefficient (Wildman–Crippen LogP) is 1.67. The minimum atomic E-state index is -2.37. The van der Waals surface area contributed by atoms with Crippen molar-refractivity contribution in [2.24, 2.45) is 0 Å². The molecule has 0 radical (unpaired) electrons. The van der Waals surface area contributed by atoms with E-state index in [0.29, 0.717) is 0 Å². The lowest BCUT2D eigenvalue weighted by Crippen LogP contribution is -2.34. The first-order chi connectivity index (χ1) is 7.54. The van der Waals surface area contributed by atoms with E-state index in [1.807, 2.05) is 0 Å². The van der Waals surface area contributed by atoms with Crippen LogP contribution >= 0.6 is 0 Å². The van der Waals surface area contributed by atoms with Gasteiger partial charge in [0.25, 0.3) is 5.79 Å². The number of halogens is 2. The summed E-state index contributed by atoms with van der Waals surface area (Å²) in [7, 11) is 0. The van der Waals surface area contributed by atoms with E-state index in [0.717, 1.165) is 23.4 Å². The number of nitrogens with zero attached hydrogens (tertiary/aromatic N) is 3. The molecule has 0 spiro atoms. The second-order valence-corrected chi connectivity index (χ2v) is 3.48. The van der Waals surface area contributed by atoms with Gasteiger partial charge in [-0.3, -0.25) is 4.79 Å². The van der Waals surface area contributed by atoms with Gasteiger partial charge in [-0.15, -0.1) is 0 Å². The second-order valence-electron chi connectivity index (χ2n) is 3.48. The van der Waals surface area contributed by atoms with Gasteiger partial charge < -0.3 is 0 Å². The zero-order valence-electron chi connectivity index (χ0n) is 8.52. The Labute approximate surface area is 90.3 Å². The Morgan fingerprint density at radius 2 is 2.38 bits per heavy atom. The number of carbonyl (C=O) groups excluding carboxylic acids is 1. The van der Waals surface area contributed by atoms with Gasteiger partial charge in [0, 0.05) is 12.5 Å². The Morgan fingerprint density at radius 1 is 1.62 bits per heavy atom. The lowest BCUT2D eigenvalue weighted by atomic mass is 9.94. The van der Waals surface area contributed by atoms with Crippen molar-refractivity contribution in [3.63, 3.8) is 0 Å². The van der Waals surface area contributed by atoms with Crippen molar-refractivity contribution >= 4 is 5.78 Å². The highest BCUT2D eigenvalue weighted by molar-refractivity contribution is 5.95. The Kier molecular flexibility index (Phi) is 2.41. The molecule has 0 fully saturated rings. The molecule has 0 N–H and O–H groups in total. The third-order valence-electron chi connectivity index (χ3n) is 2.36. The molecular formula is C10H9F2N3O. The number of rotatable bonds is 2. The lowest BCUT2D eigenvalue weighted by Gasteiger charge is -2.26. The van der Waals surface area contributed by atoms with Crippen LogP contribution in [0.5, 0.6) is 0 Å². The lowest BCUT2D eigenvalue weighted by molar-refractivity contribution is -0.115. The first-order valence-corrected chi connectivity index (χ1v) is 4.67. The number of Topliss-reactive ketones (excluding diaryl/α,β-unsaturated/α-hetero) is 1. The predicted molar refractivity (Wildman–Crippen MR) is 51.7 cm³/mol. The normalized spacial score (nSPS) is 24.9. The van der Waals surface area contributed by atoms with Gasteiger partial charge in [-0.2, -0.15) is 5.10 Å². The summed E-state index contributed by atoms with van der Waals surface area (Å²) in [6, 6.07) is 0. The van der Waals surface area contributed by atoms with E-state index in [4.69, 9.17) is 0 Å². The van der Waals surface area contributed by atoms with Crippen LogP contribution in [0.2, 0.25) is 0 Å². The average Bonchev–Trinajstić information content (AvgIpc) is 2.69. The molecule has 1 aliphatic carbocycles. The fourth-order valence-electron chi connectivity index (χ4n) is 1.64. The highest BCUT2D eigenvalue weighted by Gasteiger charge is 2.40. The van der Waals surface area contributed by atoms with Crippen LogP contribution in [0.1, 0.15) is 13.3 Å². The van der Waals surface area contributed by atoms with Gasteiger partial charge in [-0.1, -0.05) is 6.08 Å². The molecule has 0 amide bonds. The van der Waals surface area contributed by atoms with Crippen LogP contribution in [-0.2, 0) is 10.6 Å². The van der Waals surface area contributed by atoms with Crippen molar-refractivity contribution in [3.05, 3.63) is 36.2 Å². The van der Waals surface area contributed by atoms with Crippen LogP contribution in [0.4, 0.5) is 8.78 Å². The number of aromatic nitrogens is 3. The van der Waals surface area contributed by atoms with Crippen LogP contribution in [0.15, 0.2) is 36.2 Å². The Balaban J connectivity index is 2.53. The fraction of sp³-hybridized carbons (Fsp3) is 0.300. The number of allylic oxidation sites excluding steroid dienone is 4. The van der Waals surface area contributed by atoms with Crippen LogP contribution in [0.25, 0.3) is 0 Å². The third kappa shape index (κ3) is 1.56. The summed E-state index contributed by atoms with van der Waals surface area (Å²) in [5, 5.41) is 3.60. The Hall–Kier alpha value is -1.85. The molecule has 0 saturated carbocycles. The maximum Gasteiger partial charge on any atom is 0.253 e. The van der Waals surface area contributed by atoms with Crippen molar-refractivity contribution in [1.29, 1.82) is 0 Å². The van der Waals surface area contributed by atoms with Crippen LogP contribution < -0.4 is 0 Å². The van der Waals surface area contributed by atoms with Gasteiger partial charge in [-0.25, -0.2) is 18.4 Å². The van der Waals surface area contributed by atoms with E-state index >= 15 is 0 Å². The van der Waals surface area contributed by atoms with Gasteiger partial charge in [0.1, 0.15) is 18.5 Å². The molecule has 0 aliphatic heterocycles. The van der Waals surface area contributed by atoms with Gasteiger partial charge in [-0.05, 0) is 6.92 Å². The number of ketones is 1. The van der Waals surface area contributed by atoms with Crippen molar-refractivity contribution in [2.75, 3.05) is 0 Å². The van der Waals surface area contributed by atoms with Gasteiger partial charge in [0.15, 0.2) is 5.78 Å². The standard InChI is InChI=1S/C10H9F2N3O/c1-7(16)9-3-2-8(11)4-10(9,12)15-6-13-5-14-15/h3-6H,2H2,1H3. The third-order valence-corrected chi connectivity index (χ3v) is 2.36. The van der Waals surface area contributed by atoms with Crippen LogP contribution in [0.3, 0.4) is 0 Å². The molecule has 16 heavy (non-hydrogen) atoms. The SMILES string of the molecule is CC(=O)C1=CCC(F)=CC1(F)n1cncn1. The van der Waals surface area contributed by atoms with Crippen LogP contribution in [-0.4, -0.2) is 20.5 Å². The number of carbonyl (C=O) groups is 1. The van der Waals surface area contributed by atoms with Gasteiger partial charge in [0.05, 0.1) is 5.57 Å². The highest BCUT2D eigenvalue weighted by Crippen LogP contribution is 2.35. The molecule has 2 rings (SSSR count). The summed E-state index contributed by atoms with van der Waals surface area (Å²) in [6.07, 6.45) is 4.14. The monoisotopic (exact) mass is 225 g/mol. The molecule has 1 heterocycles. The number of hydrogen-bond donors (Lipinski definition) is 0. The molecule has 0 aromatic carbocycles. The molecule has 1 unspecified atom stereocenters. The molecule has 1 atom stereocenters. The van der Waals surface area contributed by atoms with Crippen LogP contribution in [0, 0.1) is 0 Å². The average molecular weight is 225 g/mol. The van der Waals surface area contributed by atoms with E-state index < -0.39 is 17.4 Å². The molecule has 1 aromatic heterocycles. The molecule has 1 aliphatic rings. The molecule has 84 valence electrons. The molecule has 0 saturated heterocycles. The van der Waals surface area contributed by atoms with Crippen molar-refractivity contribution in [3.8, 4) is 0 Å². The molecule has 0 bridgehead atoms. The van der Waals surface area contributed by atoms with Gasteiger partial charge >= 0.3 is 0 Å². The van der Waals surface area contributed by atoms with Crippen molar-refractivity contribution < 1.29 is 13.6 Å². The summed E-state index contributed by atoms with van der Waals surface area (Å²) >= 11 is 0. The van der Waals surface area contributed by atoms with E-state index in [-0.39, 0.29) is 12.0 Å². The fourth-order valence-corrected chi connectivity index (χ4v) is 1.64. The first-order valence-electron chi connectivity index (χ1n) is 4.67. The summed E-state index contributed by atoms with van der Waals surface area (Å²) < 4.78 is 28.5. The van der Waals surface area contributed by atoms with E-state index in [1.165, 1.54) is 13.0 Å². The topological polar surface area (TPSA) is 47.8 Å². The Bertz CT molecular complexity index is 478. The zero-order valence-corrected chi connectivity index (χ0v) is 8.52. The quantitative estimate of drug-likeness (QED) is 0.769. The molecule has 1 aromatic rings. The Morgan fingerprint density at radius 3 is 2.94 bits per heavy atom. The van der Waals surface area contributed by atoms with E-state index in [2.05, 4.69) is 10.1 Å². The summed E-state index contributed by atoms with van der Waals surface area (Å²) in [6.45, 7) is 1.23. The maximum absolute atomic E-state index is 14.6. The minimum Gasteiger partial charge on any atom is -0.295 e.